The minimum atomic E-state index is -4.18. The second kappa shape index (κ2) is 13.7. The summed E-state index contributed by atoms with van der Waals surface area (Å²) in [6.45, 7) is 2.44. The number of ether oxygens (including phenoxy) is 2. The number of hydrogen-bond donors (Lipinski definition) is 5. The van der Waals surface area contributed by atoms with E-state index in [1.54, 1.807) is 25.3 Å². The molecule has 2 aliphatic rings. The van der Waals surface area contributed by atoms with Crippen molar-refractivity contribution in [3.8, 4) is 5.75 Å². The number of aryl methyl sites for hydroxylation is 1. The number of allylic oxidation sites excluding steroid dienone is 1. The Kier molecular flexibility index (Phi) is 9.97. The predicted molar refractivity (Wildman–Crippen MR) is 155 cm³/mol. The number of sulfone groups is 1. The van der Waals surface area contributed by atoms with Crippen molar-refractivity contribution in [1.29, 1.82) is 0 Å². The van der Waals surface area contributed by atoms with E-state index in [9.17, 15) is 33.2 Å². The van der Waals surface area contributed by atoms with Crippen LogP contribution in [0.3, 0.4) is 0 Å². The number of imidazole rings is 1. The molecule has 3 unspecified atom stereocenters. The number of hydrazine groups is 1. The molecule has 4 rings (SSSR count). The zero-order valence-electron chi connectivity index (χ0n) is 23.8. The van der Waals surface area contributed by atoms with Gasteiger partial charge in [-0.05, 0) is 42.8 Å². The lowest BCUT2D eigenvalue weighted by Crippen LogP contribution is -2.51. The van der Waals surface area contributed by atoms with Gasteiger partial charge in [0.25, 0.3) is 5.88 Å². The molecule has 0 aliphatic carbocycles. The number of nitrogens with two attached hydrogens (primary N) is 1. The highest BCUT2D eigenvalue weighted by molar-refractivity contribution is 7.91. The summed E-state index contributed by atoms with van der Waals surface area (Å²) in [5.41, 5.74) is -1.96. The van der Waals surface area contributed by atoms with Gasteiger partial charge in [0, 0.05) is 37.5 Å². The summed E-state index contributed by atoms with van der Waals surface area (Å²) < 4.78 is 36.5. The molecule has 18 heteroatoms. The number of carboxylic acids is 1. The van der Waals surface area contributed by atoms with Crippen LogP contribution in [-0.4, -0.2) is 76.0 Å². The zero-order chi connectivity index (χ0) is 32.0. The number of carbonyl (C=O) groups is 2. The Morgan fingerprint density at radius 2 is 2.09 bits per heavy atom. The van der Waals surface area contributed by atoms with E-state index in [-0.39, 0.29) is 31.6 Å². The van der Waals surface area contributed by atoms with Gasteiger partial charge >= 0.3 is 17.6 Å². The fourth-order valence-corrected chi connectivity index (χ4v) is 5.46. The summed E-state index contributed by atoms with van der Waals surface area (Å²) in [6.07, 6.45) is 6.58. The molecule has 0 saturated carbocycles. The second-order valence-corrected chi connectivity index (χ2v) is 12.0. The molecule has 3 atom stereocenters. The molecule has 236 valence electrons. The van der Waals surface area contributed by atoms with Crippen LogP contribution < -0.4 is 21.2 Å². The highest BCUT2D eigenvalue weighted by atomic mass is 32.2. The molecule has 0 saturated heterocycles. The fourth-order valence-electron chi connectivity index (χ4n) is 4.65. The first kappa shape index (κ1) is 32.1. The second-order valence-electron chi connectivity index (χ2n) is 9.89. The van der Waals surface area contributed by atoms with Crippen molar-refractivity contribution in [2.24, 2.45) is 16.8 Å². The van der Waals surface area contributed by atoms with E-state index in [1.807, 2.05) is 6.08 Å². The van der Waals surface area contributed by atoms with E-state index < -0.39 is 61.6 Å². The molecule has 1 aromatic carbocycles. The number of H-pyrrole nitrogens is 1. The van der Waals surface area contributed by atoms with Gasteiger partial charge in [-0.1, -0.05) is 12.1 Å². The number of aliphatic carboxylic acids is 1. The van der Waals surface area contributed by atoms with Gasteiger partial charge < -0.3 is 24.9 Å². The molecular weight excluding hydrogens is 600 g/mol. The normalized spacial score (nSPS) is 19.2. The third-order valence-electron chi connectivity index (χ3n) is 6.62. The summed E-state index contributed by atoms with van der Waals surface area (Å²) in [5, 5.41) is 29.4. The number of carbonyl (C=O) groups excluding carboxylic acids is 1. The maximum atomic E-state index is 12.7. The number of aromatic amines is 1. The monoisotopic (exact) mass is 632 g/mol. The van der Waals surface area contributed by atoms with Crippen molar-refractivity contribution < 1.29 is 37.5 Å². The molecule has 44 heavy (non-hydrogen) atoms. The number of aromatic nitrogens is 2. The minimum absolute atomic E-state index is 0.0123. The number of benzene rings is 1. The van der Waals surface area contributed by atoms with Crippen LogP contribution in [0.25, 0.3) is 0 Å². The molecule has 0 amide bonds. The third-order valence-corrected chi connectivity index (χ3v) is 7.72. The topological polar surface area (TPSA) is 244 Å². The number of nitro groups is 1. The van der Waals surface area contributed by atoms with Gasteiger partial charge in [0.2, 0.25) is 5.50 Å². The first-order valence-electron chi connectivity index (χ1n) is 13.4. The SMILES string of the molecule is CCOC(=O)CCc1cc(OC2=C([N+](=O)[O-])C(C(Cc3cnc[nH]3)C(=O)O)=NC(S(C)(=O)=O)N2N)cc(C2NC=CCN2)c1. The highest BCUT2D eigenvalue weighted by Crippen LogP contribution is 2.31. The first-order valence-corrected chi connectivity index (χ1v) is 15.4. The molecule has 0 bridgehead atoms. The Morgan fingerprint density at radius 1 is 1.32 bits per heavy atom. The predicted octanol–water partition coefficient (Wildman–Crippen LogP) is 0.337. The van der Waals surface area contributed by atoms with Crippen LogP contribution in [0.4, 0.5) is 0 Å². The van der Waals surface area contributed by atoms with Crippen LogP contribution in [0, 0.1) is 16.0 Å². The van der Waals surface area contributed by atoms with Gasteiger partial charge in [-0.15, -0.1) is 0 Å². The van der Waals surface area contributed by atoms with Crippen molar-refractivity contribution in [1.82, 2.24) is 25.6 Å². The number of carboxylic acid groups (broad SMARTS) is 1. The van der Waals surface area contributed by atoms with E-state index in [1.165, 1.54) is 18.6 Å². The largest absolute Gasteiger partial charge is 0.481 e. The van der Waals surface area contributed by atoms with Crippen LogP contribution in [0.5, 0.6) is 5.75 Å². The summed E-state index contributed by atoms with van der Waals surface area (Å²) in [4.78, 5) is 46.5. The molecule has 0 radical (unpaired) electrons. The Hall–Kier alpha value is -4.81. The number of nitrogens with zero attached hydrogens (tertiary/aromatic N) is 4. The van der Waals surface area contributed by atoms with Crippen LogP contribution in [-0.2, 0) is 37.0 Å². The maximum absolute atomic E-state index is 12.7. The summed E-state index contributed by atoms with van der Waals surface area (Å²) in [7, 11) is -4.18. The van der Waals surface area contributed by atoms with E-state index in [0.29, 0.717) is 28.4 Å². The molecule has 0 spiro atoms. The number of hydrogen-bond acceptors (Lipinski definition) is 14. The first-order chi connectivity index (χ1) is 20.9. The Labute approximate surface area is 251 Å². The van der Waals surface area contributed by atoms with E-state index >= 15 is 0 Å². The van der Waals surface area contributed by atoms with Crippen LogP contribution in [0.1, 0.15) is 36.3 Å². The number of esters is 1. The maximum Gasteiger partial charge on any atom is 0.352 e. The molecular formula is C26H32N8O9S. The summed E-state index contributed by atoms with van der Waals surface area (Å²) >= 11 is 0. The Bertz CT molecular complexity index is 1600. The molecule has 3 heterocycles. The Morgan fingerprint density at radius 3 is 2.68 bits per heavy atom. The fraction of sp³-hybridized carbons (Fsp3) is 0.385. The van der Waals surface area contributed by atoms with Gasteiger partial charge in [0.15, 0.2) is 9.84 Å². The van der Waals surface area contributed by atoms with E-state index in [4.69, 9.17) is 15.3 Å². The lowest BCUT2D eigenvalue weighted by molar-refractivity contribution is -0.420. The standard InChI is InChI=1S/C26H32N8O9S/c1-3-42-20(35)6-5-15-9-16(23-29-7-4-8-30-23)11-18(10-15)43-24-22(34(38)39)21(32-26(33(24)27)44(2,40)41)19(25(36)37)12-17-13-28-14-31-17/h4,7,9-11,13-14,19,23,26,29-30H,3,5-6,8,12,27H2,1-2H3,(H,28,31)(H,36,37). The molecule has 2 aromatic rings. The molecule has 0 fully saturated rings. The average Bonchev–Trinajstić information content (AvgIpc) is 3.49. The van der Waals surface area contributed by atoms with Crippen LogP contribution in [0.2, 0.25) is 0 Å². The van der Waals surface area contributed by atoms with Gasteiger partial charge in [0.1, 0.15) is 23.5 Å². The van der Waals surface area contributed by atoms with Gasteiger partial charge in [0.05, 0.1) is 17.9 Å². The van der Waals surface area contributed by atoms with Crippen LogP contribution >= 0.6 is 0 Å². The summed E-state index contributed by atoms with van der Waals surface area (Å²) in [5.74, 6) is 1.80. The number of aliphatic imine (C=N–C) groups is 1. The lowest BCUT2D eigenvalue weighted by atomic mass is 9.95. The van der Waals surface area contributed by atoms with Gasteiger partial charge in [-0.25, -0.2) is 29.2 Å². The van der Waals surface area contributed by atoms with E-state index in [2.05, 4.69) is 25.6 Å². The minimum Gasteiger partial charge on any atom is -0.481 e. The number of nitrogens with one attached hydrogen (secondary N) is 3. The average molecular weight is 633 g/mol. The van der Waals surface area contributed by atoms with Crippen molar-refractivity contribution in [3.05, 3.63) is 81.5 Å². The summed E-state index contributed by atoms with van der Waals surface area (Å²) in [6, 6.07) is 4.87. The van der Waals surface area contributed by atoms with Crippen molar-refractivity contribution in [3.63, 3.8) is 0 Å². The van der Waals surface area contributed by atoms with Gasteiger partial charge in [-0.3, -0.25) is 25.0 Å². The lowest BCUT2D eigenvalue weighted by Gasteiger charge is -2.31. The highest BCUT2D eigenvalue weighted by Gasteiger charge is 2.46. The third kappa shape index (κ3) is 7.57. The quantitative estimate of drug-likeness (QED) is 0.0865. The van der Waals surface area contributed by atoms with Crippen molar-refractivity contribution in [2.75, 3.05) is 19.4 Å². The smallest absolute Gasteiger partial charge is 0.352 e. The van der Waals surface area contributed by atoms with Crippen LogP contribution in [0.15, 0.2) is 59.6 Å². The van der Waals surface area contributed by atoms with E-state index in [0.717, 1.165) is 6.26 Å². The molecule has 6 N–H and O–H groups in total. The number of rotatable bonds is 13. The molecule has 2 aliphatic heterocycles. The molecule has 1 aromatic heterocycles. The molecule has 17 nitrogen and oxygen atoms in total. The zero-order valence-corrected chi connectivity index (χ0v) is 24.6. The van der Waals surface area contributed by atoms with Crippen molar-refractivity contribution >= 4 is 27.5 Å². The van der Waals surface area contributed by atoms with Gasteiger partial charge in [-0.2, -0.15) is 0 Å². The Balaban J connectivity index is 1.83. The van der Waals surface area contributed by atoms with Crippen molar-refractivity contribution in [2.45, 2.75) is 37.8 Å².